The maximum Gasteiger partial charge on any atom is 0.234 e. The van der Waals surface area contributed by atoms with E-state index in [0.29, 0.717) is 30.3 Å². The summed E-state index contributed by atoms with van der Waals surface area (Å²) in [5.74, 6) is -0.103. The molecule has 0 aliphatic carbocycles. The third kappa shape index (κ3) is 2.46. The maximum absolute atomic E-state index is 13.4. The minimum Gasteiger partial charge on any atom is -0.454 e. The Bertz CT molecular complexity index is 1070. The monoisotopic (exact) mass is 405 g/mol. The van der Waals surface area contributed by atoms with Crippen LogP contribution in [0.4, 0.5) is 5.69 Å². The molecule has 152 valence electrons. The molecular weight excluding hydrogens is 386 g/mol. The molecule has 4 atom stereocenters. The average molecular weight is 405 g/mol. The molecule has 2 amide bonds. The van der Waals surface area contributed by atoms with Crippen molar-refractivity contribution in [1.29, 1.82) is 0 Å². The predicted octanol–water partition coefficient (Wildman–Crippen LogP) is 1.41. The van der Waals surface area contributed by atoms with Gasteiger partial charge in [0.25, 0.3) is 0 Å². The highest BCUT2D eigenvalue weighted by Crippen LogP contribution is 2.53. The van der Waals surface area contributed by atoms with E-state index in [9.17, 15) is 9.59 Å². The highest BCUT2D eigenvalue weighted by Gasteiger charge is 2.67. The van der Waals surface area contributed by atoms with Crippen LogP contribution in [-0.2, 0) is 20.9 Å². The SMILES string of the molecule is O=C(NCc1ccncc1)[C@@H]1[C@H]2C(=O)N(c3ccc4c(c3)OCO4)C[C@]23C=C[C@H]1O3. The summed E-state index contributed by atoms with van der Waals surface area (Å²) < 4.78 is 17.0. The Balaban J connectivity index is 1.25. The number of carbonyl (C=O) groups is 2. The van der Waals surface area contributed by atoms with Gasteiger partial charge in [0.1, 0.15) is 5.60 Å². The van der Waals surface area contributed by atoms with Gasteiger partial charge in [-0.15, -0.1) is 0 Å². The van der Waals surface area contributed by atoms with Gasteiger partial charge >= 0.3 is 0 Å². The summed E-state index contributed by atoms with van der Waals surface area (Å²) >= 11 is 0. The van der Waals surface area contributed by atoms with Gasteiger partial charge in [-0.05, 0) is 29.8 Å². The number of hydrogen-bond donors (Lipinski definition) is 1. The van der Waals surface area contributed by atoms with Gasteiger partial charge < -0.3 is 24.4 Å². The second-order valence-corrected chi connectivity index (χ2v) is 7.94. The first kappa shape index (κ1) is 17.5. The van der Waals surface area contributed by atoms with Crippen molar-refractivity contribution in [3.8, 4) is 11.5 Å². The van der Waals surface area contributed by atoms with E-state index in [-0.39, 0.29) is 24.7 Å². The van der Waals surface area contributed by atoms with Crippen LogP contribution in [0.5, 0.6) is 11.5 Å². The zero-order valence-corrected chi connectivity index (χ0v) is 16.0. The Hall–Kier alpha value is -3.39. The van der Waals surface area contributed by atoms with Gasteiger partial charge in [0.2, 0.25) is 18.6 Å². The first-order chi connectivity index (χ1) is 14.6. The lowest BCUT2D eigenvalue weighted by Gasteiger charge is -2.23. The third-order valence-electron chi connectivity index (χ3n) is 6.29. The highest BCUT2D eigenvalue weighted by atomic mass is 16.7. The molecule has 0 saturated carbocycles. The molecule has 1 spiro atoms. The van der Waals surface area contributed by atoms with E-state index in [1.165, 1.54) is 0 Å². The number of ether oxygens (including phenoxy) is 3. The van der Waals surface area contributed by atoms with Gasteiger partial charge in [-0.1, -0.05) is 12.2 Å². The predicted molar refractivity (Wildman–Crippen MR) is 105 cm³/mol. The van der Waals surface area contributed by atoms with Crippen molar-refractivity contribution in [2.75, 3.05) is 18.2 Å². The van der Waals surface area contributed by atoms with Gasteiger partial charge in [0.15, 0.2) is 11.5 Å². The summed E-state index contributed by atoms with van der Waals surface area (Å²) in [6.45, 7) is 0.928. The Kier molecular flexibility index (Phi) is 3.67. The van der Waals surface area contributed by atoms with Gasteiger partial charge in [0.05, 0.1) is 24.5 Å². The lowest BCUT2D eigenvalue weighted by Crippen LogP contribution is -2.43. The molecule has 1 N–H and O–H groups in total. The number of amides is 2. The maximum atomic E-state index is 13.4. The summed E-state index contributed by atoms with van der Waals surface area (Å²) in [7, 11) is 0. The molecule has 0 radical (unpaired) electrons. The summed E-state index contributed by atoms with van der Waals surface area (Å²) in [6.07, 6.45) is 6.84. The number of aromatic nitrogens is 1. The molecule has 4 aliphatic rings. The van der Waals surface area contributed by atoms with Crippen LogP contribution in [0.3, 0.4) is 0 Å². The van der Waals surface area contributed by atoms with Crippen LogP contribution in [0.25, 0.3) is 0 Å². The van der Waals surface area contributed by atoms with Crippen molar-refractivity contribution in [2.45, 2.75) is 18.2 Å². The van der Waals surface area contributed by atoms with E-state index in [1.807, 2.05) is 30.4 Å². The van der Waals surface area contributed by atoms with Crippen LogP contribution in [0.1, 0.15) is 5.56 Å². The Morgan fingerprint density at radius 3 is 2.90 bits per heavy atom. The molecular formula is C22H19N3O5. The molecule has 2 aromatic rings. The van der Waals surface area contributed by atoms with Crippen LogP contribution in [0.2, 0.25) is 0 Å². The molecule has 2 saturated heterocycles. The van der Waals surface area contributed by atoms with Crippen molar-refractivity contribution >= 4 is 17.5 Å². The van der Waals surface area contributed by atoms with Gasteiger partial charge in [-0.3, -0.25) is 14.6 Å². The third-order valence-corrected chi connectivity index (χ3v) is 6.29. The largest absolute Gasteiger partial charge is 0.454 e. The number of anilines is 1. The van der Waals surface area contributed by atoms with E-state index < -0.39 is 17.4 Å². The molecule has 30 heavy (non-hydrogen) atoms. The molecule has 2 fully saturated rings. The van der Waals surface area contributed by atoms with Crippen LogP contribution in [0.15, 0.2) is 54.9 Å². The number of nitrogens with one attached hydrogen (secondary N) is 1. The van der Waals surface area contributed by atoms with Crippen LogP contribution in [0, 0.1) is 11.8 Å². The molecule has 4 aliphatic heterocycles. The molecule has 8 heteroatoms. The molecule has 5 heterocycles. The normalized spacial score (nSPS) is 30.1. The van der Waals surface area contributed by atoms with E-state index in [4.69, 9.17) is 14.2 Å². The Morgan fingerprint density at radius 2 is 2.03 bits per heavy atom. The first-order valence-electron chi connectivity index (χ1n) is 9.89. The van der Waals surface area contributed by atoms with Crippen molar-refractivity contribution in [3.05, 3.63) is 60.4 Å². The first-order valence-corrected chi connectivity index (χ1v) is 9.89. The van der Waals surface area contributed by atoms with Crippen LogP contribution in [-0.4, -0.2) is 41.8 Å². The number of pyridine rings is 1. The number of fused-ring (bicyclic) bond motifs is 2. The summed E-state index contributed by atoms with van der Waals surface area (Å²) in [4.78, 5) is 32.1. The lowest BCUT2D eigenvalue weighted by molar-refractivity contribution is -0.132. The van der Waals surface area contributed by atoms with Crippen molar-refractivity contribution in [3.63, 3.8) is 0 Å². The average Bonchev–Trinajstić information content (AvgIpc) is 3.53. The number of nitrogens with zero attached hydrogens (tertiary/aromatic N) is 2. The minimum absolute atomic E-state index is 0.107. The van der Waals surface area contributed by atoms with Gasteiger partial charge in [-0.2, -0.15) is 0 Å². The zero-order valence-electron chi connectivity index (χ0n) is 16.0. The number of benzene rings is 1. The number of carbonyl (C=O) groups excluding carboxylic acids is 2. The standard InChI is InChI=1S/C22H19N3O5/c26-20(24-10-13-4-7-23-8-5-13)18-16-3-6-22(30-16)11-25(21(27)19(18)22)14-1-2-15-17(9-14)29-12-28-15/h1-9,16,18-19H,10-12H2,(H,24,26)/t16-,18+,19+,22-/m1/s1. The number of rotatable bonds is 4. The number of hydrogen-bond acceptors (Lipinski definition) is 6. The fourth-order valence-electron chi connectivity index (χ4n) is 4.88. The molecule has 2 bridgehead atoms. The molecule has 0 unspecified atom stereocenters. The quantitative estimate of drug-likeness (QED) is 0.774. The Labute approximate surface area is 172 Å². The van der Waals surface area contributed by atoms with Gasteiger partial charge in [-0.25, -0.2) is 0 Å². The van der Waals surface area contributed by atoms with Crippen molar-refractivity contribution in [2.24, 2.45) is 11.8 Å². The lowest BCUT2D eigenvalue weighted by atomic mass is 9.77. The summed E-state index contributed by atoms with van der Waals surface area (Å²) in [6, 6.07) is 9.12. The van der Waals surface area contributed by atoms with Crippen molar-refractivity contribution in [1.82, 2.24) is 10.3 Å². The second kappa shape index (κ2) is 6.30. The summed E-state index contributed by atoms with van der Waals surface area (Å²) in [5, 5.41) is 2.96. The summed E-state index contributed by atoms with van der Waals surface area (Å²) in [5.41, 5.74) is 0.897. The molecule has 6 rings (SSSR count). The molecule has 1 aromatic carbocycles. The van der Waals surface area contributed by atoms with E-state index in [0.717, 1.165) is 5.56 Å². The van der Waals surface area contributed by atoms with Crippen LogP contribution < -0.4 is 19.7 Å². The van der Waals surface area contributed by atoms with E-state index >= 15 is 0 Å². The fraction of sp³-hybridized carbons (Fsp3) is 0.318. The molecule has 8 nitrogen and oxygen atoms in total. The molecule has 1 aromatic heterocycles. The van der Waals surface area contributed by atoms with E-state index in [2.05, 4.69) is 10.3 Å². The highest BCUT2D eigenvalue weighted by molar-refractivity contribution is 6.03. The topological polar surface area (TPSA) is 90.0 Å². The van der Waals surface area contributed by atoms with E-state index in [1.54, 1.807) is 29.4 Å². The van der Waals surface area contributed by atoms with Crippen molar-refractivity contribution < 1.29 is 23.8 Å². The zero-order chi connectivity index (χ0) is 20.3. The van der Waals surface area contributed by atoms with Gasteiger partial charge in [0, 0.05) is 30.7 Å². The smallest absolute Gasteiger partial charge is 0.234 e. The fourth-order valence-corrected chi connectivity index (χ4v) is 4.88. The Morgan fingerprint density at radius 1 is 1.20 bits per heavy atom. The van der Waals surface area contributed by atoms with Crippen LogP contribution >= 0.6 is 0 Å². The second-order valence-electron chi connectivity index (χ2n) is 7.94. The minimum atomic E-state index is -0.767.